The lowest BCUT2D eigenvalue weighted by molar-refractivity contribution is 0.173. The van der Waals surface area contributed by atoms with E-state index in [2.05, 4.69) is 18.0 Å². The highest BCUT2D eigenvalue weighted by molar-refractivity contribution is 7.99. The zero-order valence-electron chi connectivity index (χ0n) is 11.4. The molecule has 0 aliphatic heterocycles. The van der Waals surface area contributed by atoms with E-state index >= 15 is 0 Å². The first-order valence-corrected chi connectivity index (χ1v) is 7.90. The maximum absolute atomic E-state index is 9.82. The van der Waals surface area contributed by atoms with Crippen molar-refractivity contribution in [2.75, 3.05) is 0 Å². The Morgan fingerprint density at radius 2 is 2.11 bits per heavy atom. The molecule has 100 valence electrons. The standard InChI is InChI=1S/C15H23NOS/c1-3-14(17)12-9-11(2)15(16-10-12)18-13-7-5-4-6-8-13/h9-10,13-14,17H,3-8H2,1-2H3/t14-/m0/s1. The van der Waals surface area contributed by atoms with Crippen molar-refractivity contribution in [1.82, 2.24) is 4.98 Å². The van der Waals surface area contributed by atoms with E-state index in [9.17, 15) is 5.11 Å². The quantitative estimate of drug-likeness (QED) is 0.883. The lowest BCUT2D eigenvalue weighted by Gasteiger charge is -2.21. The lowest BCUT2D eigenvalue weighted by atomic mass is 10.0. The number of nitrogens with zero attached hydrogens (tertiary/aromatic N) is 1. The molecule has 0 saturated heterocycles. The Hall–Kier alpha value is -0.540. The summed E-state index contributed by atoms with van der Waals surface area (Å²) in [5, 5.41) is 11.7. The summed E-state index contributed by atoms with van der Waals surface area (Å²) >= 11 is 1.93. The Labute approximate surface area is 114 Å². The highest BCUT2D eigenvalue weighted by Gasteiger charge is 2.17. The van der Waals surface area contributed by atoms with Crippen molar-refractivity contribution in [2.24, 2.45) is 0 Å². The molecule has 1 atom stereocenters. The molecule has 0 amide bonds. The zero-order valence-corrected chi connectivity index (χ0v) is 12.2. The minimum absolute atomic E-state index is 0.370. The van der Waals surface area contributed by atoms with Crippen molar-refractivity contribution in [2.45, 2.75) is 68.8 Å². The van der Waals surface area contributed by atoms with Gasteiger partial charge in [0.2, 0.25) is 0 Å². The Morgan fingerprint density at radius 1 is 1.39 bits per heavy atom. The van der Waals surface area contributed by atoms with E-state index in [1.807, 2.05) is 24.9 Å². The molecule has 1 aromatic heterocycles. The normalized spacial score (nSPS) is 18.8. The van der Waals surface area contributed by atoms with E-state index in [1.165, 1.54) is 37.7 Å². The molecule has 2 rings (SSSR count). The molecule has 0 bridgehead atoms. The fourth-order valence-corrected chi connectivity index (χ4v) is 3.71. The molecule has 0 unspecified atom stereocenters. The maximum Gasteiger partial charge on any atom is 0.0991 e. The van der Waals surface area contributed by atoms with E-state index in [0.717, 1.165) is 22.3 Å². The fourth-order valence-electron chi connectivity index (χ4n) is 2.47. The summed E-state index contributed by atoms with van der Waals surface area (Å²) in [7, 11) is 0. The lowest BCUT2D eigenvalue weighted by Crippen LogP contribution is -2.08. The molecule has 1 fully saturated rings. The van der Waals surface area contributed by atoms with Gasteiger partial charge in [-0.25, -0.2) is 4.98 Å². The molecule has 2 nitrogen and oxygen atoms in total. The van der Waals surface area contributed by atoms with Gasteiger partial charge in [0.1, 0.15) is 0 Å². The van der Waals surface area contributed by atoms with E-state index < -0.39 is 0 Å². The van der Waals surface area contributed by atoms with Crippen LogP contribution in [0.25, 0.3) is 0 Å². The molecule has 0 spiro atoms. The number of aryl methyl sites for hydroxylation is 1. The first kappa shape index (κ1) is 13.9. The van der Waals surface area contributed by atoms with Crippen LogP contribution in [-0.4, -0.2) is 15.3 Å². The van der Waals surface area contributed by atoms with Crippen molar-refractivity contribution in [3.8, 4) is 0 Å². The fraction of sp³-hybridized carbons (Fsp3) is 0.667. The van der Waals surface area contributed by atoms with Gasteiger partial charge in [-0.1, -0.05) is 26.2 Å². The summed E-state index contributed by atoms with van der Waals surface area (Å²) in [4.78, 5) is 4.54. The number of pyridine rings is 1. The second-order valence-electron chi connectivity index (χ2n) is 5.19. The van der Waals surface area contributed by atoms with Crippen LogP contribution in [0, 0.1) is 6.92 Å². The first-order valence-electron chi connectivity index (χ1n) is 7.02. The SMILES string of the molecule is CC[C@H](O)c1cnc(SC2CCCCC2)c(C)c1. The molecular weight excluding hydrogens is 242 g/mol. The molecule has 1 aliphatic rings. The summed E-state index contributed by atoms with van der Waals surface area (Å²) in [5.74, 6) is 0. The van der Waals surface area contributed by atoms with Gasteiger partial charge in [0.15, 0.2) is 0 Å². The van der Waals surface area contributed by atoms with Gasteiger partial charge in [0.05, 0.1) is 11.1 Å². The number of hydrogen-bond donors (Lipinski definition) is 1. The number of thioether (sulfide) groups is 1. The van der Waals surface area contributed by atoms with Crippen molar-refractivity contribution in [3.05, 3.63) is 23.4 Å². The average Bonchev–Trinajstić information content (AvgIpc) is 2.41. The van der Waals surface area contributed by atoms with Gasteiger partial charge >= 0.3 is 0 Å². The number of rotatable bonds is 4. The van der Waals surface area contributed by atoms with Crippen LogP contribution >= 0.6 is 11.8 Å². The van der Waals surface area contributed by atoms with Crippen molar-refractivity contribution in [1.29, 1.82) is 0 Å². The molecule has 1 aliphatic carbocycles. The molecule has 0 aromatic carbocycles. The average molecular weight is 265 g/mol. The largest absolute Gasteiger partial charge is 0.388 e. The molecule has 0 radical (unpaired) electrons. The molecule has 1 heterocycles. The van der Waals surface area contributed by atoms with E-state index in [1.54, 1.807) is 0 Å². The maximum atomic E-state index is 9.82. The first-order chi connectivity index (χ1) is 8.70. The number of aliphatic hydroxyl groups excluding tert-OH is 1. The number of aliphatic hydroxyl groups is 1. The zero-order chi connectivity index (χ0) is 13.0. The molecule has 1 saturated carbocycles. The smallest absolute Gasteiger partial charge is 0.0991 e. The topological polar surface area (TPSA) is 33.1 Å². The molecule has 1 N–H and O–H groups in total. The van der Waals surface area contributed by atoms with Crippen LogP contribution in [0.4, 0.5) is 0 Å². The molecule has 1 aromatic rings. The summed E-state index contributed by atoms with van der Waals surface area (Å²) < 4.78 is 0. The van der Waals surface area contributed by atoms with E-state index in [0.29, 0.717) is 0 Å². The van der Waals surface area contributed by atoms with Crippen LogP contribution in [0.1, 0.15) is 62.7 Å². The molecule has 3 heteroatoms. The van der Waals surface area contributed by atoms with Crippen molar-refractivity contribution in [3.63, 3.8) is 0 Å². The van der Waals surface area contributed by atoms with Crippen LogP contribution < -0.4 is 0 Å². The third kappa shape index (κ3) is 3.48. The molecular formula is C15H23NOS. The highest BCUT2D eigenvalue weighted by Crippen LogP contribution is 2.34. The van der Waals surface area contributed by atoms with Gasteiger partial charge in [0, 0.05) is 11.4 Å². The Balaban J connectivity index is 2.04. The predicted octanol–water partition coefficient (Wildman–Crippen LogP) is 4.26. The predicted molar refractivity (Wildman–Crippen MR) is 77.0 cm³/mol. The summed E-state index contributed by atoms with van der Waals surface area (Å²) in [6.45, 7) is 4.09. The second kappa shape index (κ2) is 6.58. The summed E-state index contributed by atoms with van der Waals surface area (Å²) in [5.41, 5.74) is 2.15. The number of hydrogen-bond acceptors (Lipinski definition) is 3. The monoisotopic (exact) mass is 265 g/mol. The minimum Gasteiger partial charge on any atom is -0.388 e. The van der Waals surface area contributed by atoms with Gasteiger partial charge in [-0.2, -0.15) is 0 Å². The van der Waals surface area contributed by atoms with Crippen LogP contribution in [0.15, 0.2) is 17.3 Å². The Bertz CT molecular complexity index is 388. The van der Waals surface area contributed by atoms with Gasteiger partial charge in [-0.05, 0) is 43.4 Å². The Kier molecular flexibility index (Phi) is 5.07. The highest BCUT2D eigenvalue weighted by atomic mass is 32.2. The summed E-state index contributed by atoms with van der Waals surface area (Å²) in [6, 6.07) is 2.09. The van der Waals surface area contributed by atoms with Crippen molar-refractivity contribution < 1.29 is 5.11 Å². The van der Waals surface area contributed by atoms with Crippen LogP contribution in [0.3, 0.4) is 0 Å². The van der Waals surface area contributed by atoms with E-state index in [4.69, 9.17) is 0 Å². The molecule has 18 heavy (non-hydrogen) atoms. The van der Waals surface area contributed by atoms with E-state index in [-0.39, 0.29) is 6.10 Å². The van der Waals surface area contributed by atoms with Crippen molar-refractivity contribution >= 4 is 11.8 Å². The van der Waals surface area contributed by atoms with Gasteiger partial charge in [0.25, 0.3) is 0 Å². The third-order valence-corrected chi connectivity index (χ3v) is 5.11. The van der Waals surface area contributed by atoms with Gasteiger partial charge in [-0.15, -0.1) is 11.8 Å². The second-order valence-corrected chi connectivity index (χ2v) is 6.48. The van der Waals surface area contributed by atoms with Crippen LogP contribution in [0.2, 0.25) is 0 Å². The van der Waals surface area contributed by atoms with Gasteiger partial charge in [-0.3, -0.25) is 0 Å². The van der Waals surface area contributed by atoms with Gasteiger partial charge < -0.3 is 5.11 Å². The third-order valence-electron chi connectivity index (χ3n) is 3.65. The summed E-state index contributed by atoms with van der Waals surface area (Å²) in [6.07, 6.45) is 8.99. The van der Waals surface area contributed by atoms with Crippen LogP contribution in [-0.2, 0) is 0 Å². The Morgan fingerprint density at radius 3 is 2.72 bits per heavy atom. The minimum atomic E-state index is -0.370. The number of aromatic nitrogens is 1. The van der Waals surface area contributed by atoms with Crippen LogP contribution in [0.5, 0.6) is 0 Å².